The molecular formula is C15H20Cl2N2O. The topological polar surface area (TPSA) is 46.3 Å². The number of hydrogen-bond acceptors (Lipinski definition) is 2. The van der Waals surface area contributed by atoms with E-state index in [1.165, 1.54) is 0 Å². The summed E-state index contributed by atoms with van der Waals surface area (Å²) >= 11 is 12.0. The van der Waals surface area contributed by atoms with E-state index < -0.39 is 0 Å². The van der Waals surface area contributed by atoms with E-state index in [2.05, 4.69) is 0 Å². The number of carbonyl (C=O) groups is 1. The van der Waals surface area contributed by atoms with Crippen molar-refractivity contribution in [3.05, 3.63) is 33.8 Å². The first-order valence-corrected chi connectivity index (χ1v) is 7.67. The Bertz CT molecular complexity index is 485. The zero-order chi connectivity index (χ0) is 14.7. The van der Waals surface area contributed by atoms with Gasteiger partial charge in [0.1, 0.15) is 0 Å². The fourth-order valence-corrected chi connectivity index (χ4v) is 3.13. The van der Waals surface area contributed by atoms with E-state index in [-0.39, 0.29) is 17.9 Å². The molecule has 5 heteroatoms. The molecule has 0 spiro atoms. The normalized spacial score (nSPS) is 22.6. The van der Waals surface area contributed by atoms with Gasteiger partial charge in [-0.15, -0.1) is 0 Å². The molecule has 1 aliphatic carbocycles. The summed E-state index contributed by atoms with van der Waals surface area (Å²) in [4.78, 5) is 14.1. The lowest BCUT2D eigenvalue weighted by Crippen LogP contribution is -2.37. The maximum absolute atomic E-state index is 12.4. The summed E-state index contributed by atoms with van der Waals surface area (Å²) in [5.74, 6) is 0.286. The van der Waals surface area contributed by atoms with Crippen molar-refractivity contribution in [3.63, 3.8) is 0 Å². The molecule has 1 fully saturated rings. The molecule has 0 bridgehead atoms. The molecule has 1 aliphatic rings. The van der Waals surface area contributed by atoms with Crippen LogP contribution in [0.25, 0.3) is 0 Å². The molecule has 2 rings (SSSR count). The van der Waals surface area contributed by atoms with Gasteiger partial charge in [0.25, 0.3) is 0 Å². The lowest BCUT2D eigenvalue weighted by atomic mass is 9.85. The van der Waals surface area contributed by atoms with E-state index in [1.54, 1.807) is 17.0 Å². The van der Waals surface area contributed by atoms with Crippen molar-refractivity contribution in [2.75, 3.05) is 7.05 Å². The van der Waals surface area contributed by atoms with Gasteiger partial charge in [-0.05, 0) is 43.4 Å². The largest absolute Gasteiger partial charge is 0.341 e. The standard InChI is InChI=1S/C15H20Cl2N2O/c1-19(9-11-2-5-12(16)8-14(11)17)15(20)10-3-6-13(18)7-4-10/h2,5,8,10,13H,3-4,6-7,9,18H2,1H3. The molecule has 0 radical (unpaired) electrons. The quantitative estimate of drug-likeness (QED) is 0.928. The van der Waals surface area contributed by atoms with Crippen LogP contribution in [0.15, 0.2) is 18.2 Å². The minimum atomic E-state index is 0.103. The lowest BCUT2D eigenvalue weighted by molar-refractivity contribution is -0.135. The van der Waals surface area contributed by atoms with Gasteiger partial charge in [0.2, 0.25) is 5.91 Å². The van der Waals surface area contributed by atoms with Gasteiger partial charge >= 0.3 is 0 Å². The number of nitrogens with zero attached hydrogens (tertiary/aromatic N) is 1. The smallest absolute Gasteiger partial charge is 0.225 e. The monoisotopic (exact) mass is 314 g/mol. The van der Waals surface area contributed by atoms with E-state index in [0.29, 0.717) is 16.6 Å². The second-order valence-corrected chi connectivity index (χ2v) is 6.39. The van der Waals surface area contributed by atoms with Crippen molar-refractivity contribution in [1.82, 2.24) is 4.90 Å². The van der Waals surface area contributed by atoms with Crippen molar-refractivity contribution >= 4 is 29.1 Å². The predicted octanol–water partition coefficient (Wildman–Crippen LogP) is 3.47. The Labute approximate surface area is 130 Å². The van der Waals surface area contributed by atoms with Crippen LogP contribution in [0.5, 0.6) is 0 Å². The molecule has 110 valence electrons. The average Bonchev–Trinajstić information content (AvgIpc) is 2.42. The van der Waals surface area contributed by atoms with Crippen molar-refractivity contribution in [3.8, 4) is 0 Å². The Morgan fingerprint density at radius 2 is 1.95 bits per heavy atom. The summed E-state index contributed by atoms with van der Waals surface area (Å²) in [5.41, 5.74) is 6.79. The molecule has 2 N–H and O–H groups in total. The molecule has 0 atom stereocenters. The third-order valence-electron chi connectivity index (χ3n) is 3.92. The van der Waals surface area contributed by atoms with Gasteiger partial charge in [0, 0.05) is 35.6 Å². The first-order chi connectivity index (χ1) is 9.47. The summed E-state index contributed by atoms with van der Waals surface area (Å²) in [6, 6.07) is 5.62. The second-order valence-electron chi connectivity index (χ2n) is 5.54. The van der Waals surface area contributed by atoms with Gasteiger partial charge < -0.3 is 10.6 Å². The number of rotatable bonds is 3. The first-order valence-electron chi connectivity index (χ1n) is 6.92. The highest BCUT2D eigenvalue weighted by Crippen LogP contribution is 2.26. The number of carbonyl (C=O) groups excluding carboxylic acids is 1. The van der Waals surface area contributed by atoms with Crippen LogP contribution in [0.4, 0.5) is 0 Å². The Balaban J connectivity index is 1.97. The van der Waals surface area contributed by atoms with Crippen molar-refractivity contribution in [2.24, 2.45) is 11.7 Å². The summed E-state index contributed by atoms with van der Waals surface area (Å²) < 4.78 is 0. The molecule has 1 aromatic rings. The van der Waals surface area contributed by atoms with E-state index in [1.807, 2.05) is 13.1 Å². The molecule has 0 saturated heterocycles. The minimum absolute atomic E-state index is 0.103. The van der Waals surface area contributed by atoms with Crippen LogP contribution in [-0.2, 0) is 11.3 Å². The van der Waals surface area contributed by atoms with Crippen LogP contribution >= 0.6 is 23.2 Å². The van der Waals surface area contributed by atoms with Crippen molar-refractivity contribution in [2.45, 2.75) is 38.3 Å². The zero-order valence-electron chi connectivity index (χ0n) is 11.6. The SMILES string of the molecule is CN(Cc1ccc(Cl)cc1Cl)C(=O)C1CCC(N)CC1. The lowest BCUT2D eigenvalue weighted by Gasteiger charge is -2.29. The van der Waals surface area contributed by atoms with Crippen LogP contribution in [-0.4, -0.2) is 23.9 Å². The summed E-state index contributed by atoms with van der Waals surface area (Å²) in [6.45, 7) is 0.511. The van der Waals surface area contributed by atoms with Crippen LogP contribution < -0.4 is 5.73 Å². The zero-order valence-corrected chi connectivity index (χ0v) is 13.1. The molecule has 1 saturated carbocycles. The van der Waals surface area contributed by atoms with E-state index >= 15 is 0 Å². The van der Waals surface area contributed by atoms with Crippen molar-refractivity contribution < 1.29 is 4.79 Å². The molecule has 1 aromatic carbocycles. The summed E-state index contributed by atoms with van der Waals surface area (Å²) in [5, 5.41) is 1.21. The van der Waals surface area contributed by atoms with E-state index in [9.17, 15) is 4.79 Å². The summed E-state index contributed by atoms with van der Waals surface area (Å²) in [7, 11) is 1.82. The van der Waals surface area contributed by atoms with Gasteiger partial charge in [-0.3, -0.25) is 4.79 Å². The molecule has 0 aromatic heterocycles. The van der Waals surface area contributed by atoms with Crippen LogP contribution in [0.3, 0.4) is 0 Å². The van der Waals surface area contributed by atoms with E-state index in [4.69, 9.17) is 28.9 Å². The second kappa shape index (κ2) is 6.79. The predicted molar refractivity (Wildman–Crippen MR) is 82.9 cm³/mol. The van der Waals surface area contributed by atoms with Crippen LogP contribution in [0.2, 0.25) is 10.0 Å². The van der Waals surface area contributed by atoms with Crippen molar-refractivity contribution in [1.29, 1.82) is 0 Å². The fourth-order valence-electron chi connectivity index (χ4n) is 2.66. The number of hydrogen-bond donors (Lipinski definition) is 1. The third-order valence-corrected chi connectivity index (χ3v) is 4.51. The molecule has 0 aliphatic heterocycles. The van der Waals surface area contributed by atoms with Gasteiger partial charge in [-0.2, -0.15) is 0 Å². The Hall–Kier alpha value is -0.770. The minimum Gasteiger partial charge on any atom is -0.341 e. The number of amides is 1. The Morgan fingerprint density at radius 3 is 2.55 bits per heavy atom. The maximum Gasteiger partial charge on any atom is 0.225 e. The Morgan fingerprint density at radius 1 is 1.30 bits per heavy atom. The van der Waals surface area contributed by atoms with Gasteiger partial charge in [0.15, 0.2) is 0 Å². The molecule has 0 unspecified atom stereocenters. The highest BCUT2D eigenvalue weighted by Gasteiger charge is 2.27. The van der Waals surface area contributed by atoms with Crippen LogP contribution in [0, 0.1) is 5.92 Å². The van der Waals surface area contributed by atoms with Gasteiger partial charge in [-0.25, -0.2) is 0 Å². The fraction of sp³-hybridized carbons (Fsp3) is 0.533. The molecule has 3 nitrogen and oxygen atoms in total. The number of benzene rings is 1. The maximum atomic E-state index is 12.4. The van der Waals surface area contributed by atoms with Crippen LogP contribution in [0.1, 0.15) is 31.2 Å². The van der Waals surface area contributed by atoms with Gasteiger partial charge in [-0.1, -0.05) is 29.3 Å². The highest BCUT2D eigenvalue weighted by atomic mass is 35.5. The highest BCUT2D eigenvalue weighted by molar-refractivity contribution is 6.35. The van der Waals surface area contributed by atoms with E-state index in [0.717, 1.165) is 31.2 Å². The molecular weight excluding hydrogens is 295 g/mol. The Kier molecular flexibility index (Phi) is 5.30. The number of nitrogens with two attached hydrogens (primary N) is 1. The number of halogens is 2. The average molecular weight is 315 g/mol. The third kappa shape index (κ3) is 3.87. The summed E-state index contributed by atoms with van der Waals surface area (Å²) in [6.07, 6.45) is 3.65. The molecule has 20 heavy (non-hydrogen) atoms. The molecule has 0 heterocycles. The first kappa shape index (κ1) is 15.6. The molecule has 1 amide bonds. The van der Waals surface area contributed by atoms with Gasteiger partial charge in [0.05, 0.1) is 0 Å².